The molecule has 1 aromatic rings. The van der Waals surface area contributed by atoms with Gasteiger partial charge in [-0.1, -0.05) is 12.0 Å². The monoisotopic (exact) mass is 295 g/mol. The van der Waals surface area contributed by atoms with Crippen molar-refractivity contribution in [3.8, 4) is 12.3 Å². The molecule has 20 heavy (non-hydrogen) atoms. The molecule has 0 amide bonds. The summed E-state index contributed by atoms with van der Waals surface area (Å²) in [5, 5.41) is 8.93. The SMILES string of the molecule is C#CCNS(=O)(=O)c1c(C)cc(C)c(CC(=O)O)c1C. The van der Waals surface area contributed by atoms with Crippen LogP contribution < -0.4 is 4.72 Å². The average Bonchev–Trinajstić information content (AvgIpc) is 2.31. The number of carboxylic acids is 1. The Hall–Kier alpha value is -1.84. The van der Waals surface area contributed by atoms with Crippen LogP contribution in [-0.4, -0.2) is 26.0 Å². The lowest BCUT2D eigenvalue weighted by Gasteiger charge is -2.16. The number of aryl methyl sites for hydroxylation is 2. The predicted octanol–water partition coefficient (Wildman–Crippen LogP) is 1.15. The molecule has 0 radical (unpaired) electrons. The fraction of sp³-hybridized carbons (Fsp3) is 0.357. The highest BCUT2D eigenvalue weighted by Gasteiger charge is 2.22. The second-order valence-corrected chi connectivity index (χ2v) is 6.25. The zero-order valence-corrected chi connectivity index (χ0v) is 12.5. The van der Waals surface area contributed by atoms with Crippen LogP contribution in [0.2, 0.25) is 0 Å². The van der Waals surface area contributed by atoms with Crippen molar-refractivity contribution in [2.45, 2.75) is 32.1 Å². The molecular weight excluding hydrogens is 278 g/mol. The molecule has 0 aliphatic rings. The number of carboxylic acid groups (broad SMARTS) is 1. The van der Waals surface area contributed by atoms with Gasteiger partial charge in [0.1, 0.15) is 0 Å². The van der Waals surface area contributed by atoms with Crippen LogP contribution in [0.1, 0.15) is 22.3 Å². The van der Waals surface area contributed by atoms with Crippen LogP contribution in [0.4, 0.5) is 0 Å². The third-order valence-electron chi connectivity index (χ3n) is 3.02. The van der Waals surface area contributed by atoms with Crippen molar-refractivity contribution in [2.75, 3.05) is 6.54 Å². The smallest absolute Gasteiger partial charge is 0.307 e. The van der Waals surface area contributed by atoms with Gasteiger partial charge in [-0.3, -0.25) is 4.79 Å². The lowest BCUT2D eigenvalue weighted by Crippen LogP contribution is -2.26. The van der Waals surface area contributed by atoms with Gasteiger partial charge in [0.25, 0.3) is 0 Å². The molecule has 5 nitrogen and oxygen atoms in total. The van der Waals surface area contributed by atoms with Gasteiger partial charge in [0.15, 0.2) is 0 Å². The highest BCUT2D eigenvalue weighted by Crippen LogP contribution is 2.26. The van der Waals surface area contributed by atoms with Crippen LogP contribution >= 0.6 is 0 Å². The molecular formula is C14H17NO4S. The summed E-state index contributed by atoms with van der Waals surface area (Å²) in [6.45, 7) is 4.95. The highest BCUT2D eigenvalue weighted by atomic mass is 32.2. The van der Waals surface area contributed by atoms with Crippen molar-refractivity contribution in [3.05, 3.63) is 28.3 Å². The van der Waals surface area contributed by atoms with Gasteiger partial charge in [-0.05, 0) is 43.0 Å². The van der Waals surface area contributed by atoms with Crippen LogP contribution in [0.25, 0.3) is 0 Å². The number of rotatable bonds is 5. The van der Waals surface area contributed by atoms with Crippen molar-refractivity contribution < 1.29 is 18.3 Å². The summed E-state index contributed by atoms with van der Waals surface area (Å²) >= 11 is 0. The third kappa shape index (κ3) is 3.38. The molecule has 1 aromatic carbocycles. The number of benzene rings is 1. The Morgan fingerprint density at radius 2 is 1.95 bits per heavy atom. The van der Waals surface area contributed by atoms with Crippen LogP contribution in [0.3, 0.4) is 0 Å². The normalized spacial score (nSPS) is 11.1. The summed E-state index contributed by atoms with van der Waals surface area (Å²) in [7, 11) is -3.74. The lowest BCUT2D eigenvalue weighted by atomic mass is 9.97. The number of terminal acetylenes is 1. The first-order valence-electron chi connectivity index (χ1n) is 5.95. The number of sulfonamides is 1. The van der Waals surface area contributed by atoms with Gasteiger partial charge in [0.2, 0.25) is 10.0 Å². The van der Waals surface area contributed by atoms with Crippen molar-refractivity contribution in [1.82, 2.24) is 4.72 Å². The van der Waals surface area contributed by atoms with Gasteiger partial charge in [-0.2, -0.15) is 4.72 Å². The Kier molecular flexibility index (Phi) is 4.93. The van der Waals surface area contributed by atoms with Crippen LogP contribution in [0.5, 0.6) is 0 Å². The first-order chi connectivity index (χ1) is 9.20. The maximum Gasteiger partial charge on any atom is 0.307 e. The largest absolute Gasteiger partial charge is 0.481 e. The Bertz CT molecular complexity index is 684. The molecule has 0 saturated carbocycles. The topological polar surface area (TPSA) is 83.5 Å². The van der Waals surface area contributed by atoms with Crippen LogP contribution in [0, 0.1) is 33.1 Å². The van der Waals surface area contributed by atoms with Crippen molar-refractivity contribution in [3.63, 3.8) is 0 Å². The fourth-order valence-electron chi connectivity index (χ4n) is 2.25. The van der Waals surface area contributed by atoms with Crippen molar-refractivity contribution in [2.24, 2.45) is 0 Å². The van der Waals surface area contributed by atoms with Gasteiger partial charge >= 0.3 is 5.97 Å². The maximum atomic E-state index is 12.2. The standard InChI is InChI=1S/C14H17NO4S/c1-5-6-15-20(18,19)14-10(3)7-9(2)12(11(14)4)8-13(16)17/h1,7,15H,6,8H2,2-4H3,(H,16,17). The van der Waals surface area contributed by atoms with E-state index in [1.165, 1.54) is 0 Å². The van der Waals surface area contributed by atoms with Gasteiger partial charge in [0.05, 0.1) is 17.9 Å². The number of hydrogen-bond donors (Lipinski definition) is 2. The highest BCUT2D eigenvalue weighted by molar-refractivity contribution is 7.89. The predicted molar refractivity (Wildman–Crippen MR) is 76.0 cm³/mol. The minimum atomic E-state index is -3.74. The Morgan fingerprint density at radius 3 is 2.45 bits per heavy atom. The van der Waals surface area contributed by atoms with Gasteiger partial charge in [0, 0.05) is 0 Å². The van der Waals surface area contributed by atoms with E-state index >= 15 is 0 Å². The Morgan fingerprint density at radius 1 is 1.35 bits per heavy atom. The van der Waals surface area contributed by atoms with E-state index in [2.05, 4.69) is 10.6 Å². The number of nitrogens with one attached hydrogen (secondary N) is 1. The molecule has 1 rings (SSSR count). The van der Waals surface area contributed by atoms with Crippen LogP contribution in [-0.2, 0) is 21.2 Å². The molecule has 0 unspecified atom stereocenters. The second-order valence-electron chi connectivity index (χ2n) is 4.54. The molecule has 0 atom stereocenters. The average molecular weight is 295 g/mol. The summed E-state index contributed by atoms with van der Waals surface area (Å²) in [4.78, 5) is 11.0. The van der Waals surface area contributed by atoms with Gasteiger partial charge < -0.3 is 5.11 Å². The summed E-state index contributed by atoms with van der Waals surface area (Å²) < 4.78 is 26.8. The maximum absolute atomic E-state index is 12.2. The fourth-order valence-corrected chi connectivity index (χ4v) is 3.68. The number of aliphatic carboxylic acids is 1. The molecule has 0 spiro atoms. The number of hydrogen-bond acceptors (Lipinski definition) is 3. The molecule has 108 valence electrons. The molecule has 0 saturated heterocycles. The summed E-state index contributed by atoms with van der Waals surface area (Å²) in [5.41, 5.74) is 2.30. The first kappa shape index (κ1) is 16.2. The van der Waals surface area contributed by atoms with E-state index in [1.54, 1.807) is 26.8 Å². The van der Waals surface area contributed by atoms with Gasteiger partial charge in [-0.15, -0.1) is 6.42 Å². The first-order valence-corrected chi connectivity index (χ1v) is 7.43. The lowest BCUT2D eigenvalue weighted by molar-refractivity contribution is -0.136. The molecule has 2 N–H and O–H groups in total. The minimum Gasteiger partial charge on any atom is -0.481 e. The quantitative estimate of drug-likeness (QED) is 0.798. The van der Waals surface area contributed by atoms with Gasteiger partial charge in [-0.25, -0.2) is 8.42 Å². The molecule has 0 aliphatic carbocycles. The van der Waals surface area contributed by atoms with E-state index in [0.717, 1.165) is 5.56 Å². The van der Waals surface area contributed by atoms with E-state index in [9.17, 15) is 13.2 Å². The summed E-state index contributed by atoms with van der Waals surface area (Å²) in [5.74, 6) is 1.21. The molecule has 6 heteroatoms. The van der Waals surface area contributed by atoms with E-state index in [4.69, 9.17) is 11.5 Å². The van der Waals surface area contributed by atoms with E-state index in [-0.39, 0.29) is 17.9 Å². The Balaban J connectivity index is 3.49. The Labute approximate surface area is 119 Å². The summed E-state index contributed by atoms with van der Waals surface area (Å²) in [6.07, 6.45) is 4.84. The molecule has 0 aliphatic heterocycles. The van der Waals surface area contributed by atoms with Crippen molar-refractivity contribution in [1.29, 1.82) is 0 Å². The van der Waals surface area contributed by atoms with Crippen molar-refractivity contribution >= 4 is 16.0 Å². The van der Waals surface area contributed by atoms with E-state index in [1.807, 2.05) is 0 Å². The van der Waals surface area contributed by atoms with E-state index < -0.39 is 16.0 Å². The summed E-state index contributed by atoms with van der Waals surface area (Å²) in [6, 6.07) is 1.68. The van der Waals surface area contributed by atoms with E-state index in [0.29, 0.717) is 16.7 Å². The molecule has 0 heterocycles. The molecule has 0 aromatic heterocycles. The number of carbonyl (C=O) groups is 1. The van der Waals surface area contributed by atoms with Crippen LogP contribution in [0.15, 0.2) is 11.0 Å². The zero-order chi connectivity index (χ0) is 15.5. The third-order valence-corrected chi connectivity index (χ3v) is 4.71. The second kappa shape index (κ2) is 6.07. The molecule has 0 fully saturated rings. The minimum absolute atomic E-state index is 0.106. The zero-order valence-electron chi connectivity index (χ0n) is 11.6. The molecule has 0 bridgehead atoms.